The predicted octanol–water partition coefficient (Wildman–Crippen LogP) is 3.82. The molecule has 5 rings (SSSR count). The van der Waals surface area contributed by atoms with Crippen molar-refractivity contribution in [1.82, 2.24) is 9.80 Å². The van der Waals surface area contributed by atoms with E-state index in [1.165, 1.54) is 5.69 Å². The fourth-order valence-electron chi connectivity index (χ4n) is 4.95. The number of piperazine rings is 1. The molecule has 2 aliphatic heterocycles. The van der Waals surface area contributed by atoms with Crippen LogP contribution < -0.4 is 9.64 Å². The Bertz CT molecular complexity index is 966. The van der Waals surface area contributed by atoms with Gasteiger partial charge in [-0.1, -0.05) is 18.2 Å². The van der Waals surface area contributed by atoms with Crippen molar-refractivity contribution in [1.29, 1.82) is 0 Å². The molecule has 3 aliphatic rings. The molecule has 1 atom stereocenters. The van der Waals surface area contributed by atoms with E-state index >= 15 is 0 Å². The third-order valence-electron chi connectivity index (χ3n) is 7.09. The lowest BCUT2D eigenvalue weighted by atomic mass is 10.1. The van der Waals surface area contributed by atoms with Crippen molar-refractivity contribution < 1.29 is 14.3 Å². The highest BCUT2D eigenvalue weighted by Gasteiger charge is 2.35. The molecule has 3 fully saturated rings. The van der Waals surface area contributed by atoms with Gasteiger partial charge in [0, 0.05) is 68.8 Å². The second-order valence-electron chi connectivity index (χ2n) is 9.57. The molecule has 1 unspecified atom stereocenters. The lowest BCUT2D eigenvalue weighted by Crippen LogP contribution is -2.54. The maximum Gasteiger partial charge on any atom is 0.254 e. The van der Waals surface area contributed by atoms with E-state index in [-0.39, 0.29) is 24.0 Å². The molecular weight excluding hydrogens is 414 g/mol. The summed E-state index contributed by atoms with van der Waals surface area (Å²) in [5.74, 6) is 1.49. The molecule has 174 valence electrons. The van der Waals surface area contributed by atoms with Gasteiger partial charge in [-0.15, -0.1) is 0 Å². The molecule has 33 heavy (non-hydrogen) atoms. The van der Waals surface area contributed by atoms with Gasteiger partial charge in [0.05, 0.1) is 0 Å². The standard InChI is InChI=1S/C27H33N3O3/c1-20-19-29(23-5-3-2-4-6-23)17-18-30(20)27(32)22-9-11-24(12-10-22)33-25-13-15-28(16-14-25)26(31)21-7-8-21/h2-6,9-12,20-21,25H,7-8,13-19H2,1H3. The molecule has 0 N–H and O–H groups in total. The van der Waals surface area contributed by atoms with Crippen molar-refractivity contribution in [3.05, 3.63) is 60.2 Å². The summed E-state index contributed by atoms with van der Waals surface area (Å²) in [6.07, 6.45) is 3.97. The van der Waals surface area contributed by atoms with E-state index in [9.17, 15) is 9.59 Å². The van der Waals surface area contributed by atoms with Crippen LogP contribution in [0.4, 0.5) is 5.69 Å². The topological polar surface area (TPSA) is 53.1 Å². The predicted molar refractivity (Wildman–Crippen MR) is 129 cm³/mol. The van der Waals surface area contributed by atoms with Crippen molar-refractivity contribution >= 4 is 17.5 Å². The van der Waals surface area contributed by atoms with Crippen molar-refractivity contribution in [2.45, 2.75) is 44.8 Å². The van der Waals surface area contributed by atoms with Gasteiger partial charge in [0.15, 0.2) is 0 Å². The van der Waals surface area contributed by atoms with Crippen LogP contribution in [0, 0.1) is 5.92 Å². The van der Waals surface area contributed by atoms with E-state index in [2.05, 4.69) is 36.1 Å². The zero-order valence-corrected chi connectivity index (χ0v) is 19.4. The van der Waals surface area contributed by atoms with Crippen LogP contribution in [-0.2, 0) is 4.79 Å². The zero-order valence-electron chi connectivity index (χ0n) is 19.4. The Balaban J connectivity index is 1.13. The van der Waals surface area contributed by atoms with E-state index in [1.54, 1.807) is 0 Å². The highest BCUT2D eigenvalue weighted by molar-refractivity contribution is 5.94. The molecule has 1 saturated carbocycles. The number of amides is 2. The van der Waals surface area contributed by atoms with Crippen LogP contribution in [-0.4, -0.2) is 66.5 Å². The van der Waals surface area contributed by atoms with Gasteiger partial charge >= 0.3 is 0 Å². The molecule has 2 amide bonds. The molecule has 1 aliphatic carbocycles. The summed E-state index contributed by atoms with van der Waals surface area (Å²) in [5.41, 5.74) is 1.91. The fourth-order valence-corrected chi connectivity index (χ4v) is 4.95. The van der Waals surface area contributed by atoms with E-state index in [0.717, 1.165) is 57.6 Å². The van der Waals surface area contributed by atoms with Gasteiger partial charge in [-0.2, -0.15) is 0 Å². The first-order chi connectivity index (χ1) is 16.1. The van der Waals surface area contributed by atoms with Crippen molar-refractivity contribution in [2.24, 2.45) is 5.92 Å². The van der Waals surface area contributed by atoms with E-state index < -0.39 is 0 Å². The highest BCUT2D eigenvalue weighted by Crippen LogP contribution is 2.32. The number of carbonyl (C=O) groups excluding carboxylic acids is 2. The van der Waals surface area contributed by atoms with Gasteiger partial charge in [-0.05, 0) is 56.2 Å². The molecule has 0 radical (unpaired) electrons. The second kappa shape index (κ2) is 9.46. The minimum absolute atomic E-state index is 0.0775. The minimum atomic E-state index is 0.0775. The Labute approximate surface area is 196 Å². The van der Waals surface area contributed by atoms with E-state index in [0.29, 0.717) is 18.0 Å². The molecule has 2 heterocycles. The van der Waals surface area contributed by atoms with Gasteiger partial charge in [-0.3, -0.25) is 9.59 Å². The van der Waals surface area contributed by atoms with Gasteiger partial charge in [0.1, 0.15) is 11.9 Å². The zero-order chi connectivity index (χ0) is 22.8. The highest BCUT2D eigenvalue weighted by atomic mass is 16.5. The number of benzene rings is 2. The van der Waals surface area contributed by atoms with Crippen molar-refractivity contribution in [3.63, 3.8) is 0 Å². The SMILES string of the molecule is CC1CN(c2ccccc2)CCN1C(=O)c1ccc(OC2CCN(C(=O)C3CC3)CC2)cc1. The molecule has 0 aromatic heterocycles. The quantitative estimate of drug-likeness (QED) is 0.699. The number of nitrogens with zero attached hydrogens (tertiary/aromatic N) is 3. The molecule has 6 heteroatoms. The normalized spacial score (nSPS) is 21.7. The summed E-state index contributed by atoms with van der Waals surface area (Å²) in [6, 6.07) is 18.1. The number of para-hydroxylation sites is 1. The average molecular weight is 448 g/mol. The summed E-state index contributed by atoms with van der Waals surface area (Å²) in [7, 11) is 0. The maximum atomic E-state index is 13.1. The lowest BCUT2D eigenvalue weighted by molar-refractivity contribution is -0.134. The number of piperidine rings is 1. The molecule has 2 aromatic carbocycles. The monoisotopic (exact) mass is 447 g/mol. The first-order valence-corrected chi connectivity index (χ1v) is 12.2. The van der Waals surface area contributed by atoms with Gasteiger partial charge in [-0.25, -0.2) is 0 Å². The molecule has 0 bridgehead atoms. The third kappa shape index (κ3) is 5.00. The van der Waals surface area contributed by atoms with Crippen LogP contribution >= 0.6 is 0 Å². The van der Waals surface area contributed by atoms with Crippen LogP contribution in [0.25, 0.3) is 0 Å². The smallest absolute Gasteiger partial charge is 0.254 e. The van der Waals surface area contributed by atoms with Gasteiger partial charge in [0.25, 0.3) is 5.91 Å². The Morgan fingerprint density at radius 3 is 2.18 bits per heavy atom. The Morgan fingerprint density at radius 1 is 0.848 bits per heavy atom. The molecule has 2 aromatic rings. The molecule has 2 saturated heterocycles. The molecule has 6 nitrogen and oxygen atoms in total. The summed E-state index contributed by atoms with van der Waals surface area (Å²) in [5, 5.41) is 0. The van der Waals surface area contributed by atoms with E-state index in [4.69, 9.17) is 4.74 Å². The second-order valence-corrected chi connectivity index (χ2v) is 9.57. The van der Waals surface area contributed by atoms with Gasteiger partial charge in [0.2, 0.25) is 5.91 Å². The lowest BCUT2D eigenvalue weighted by Gasteiger charge is -2.41. The molecule has 0 spiro atoms. The van der Waals surface area contributed by atoms with Gasteiger partial charge < -0.3 is 19.4 Å². The number of likely N-dealkylation sites (tertiary alicyclic amines) is 1. The molecular formula is C27H33N3O3. The average Bonchev–Trinajstić information content (AvgIpc) is 3.70. The van der Waals surface area contributed by atoms with Crippen LogP contribution in [0.2, 0.25) is 0 Å². The number of anilines is 1. The summed E-state index contributed by atoms with van der Waals surface area (Å²) in [6.45, 7) is 6.06. The van der Waals surface area contributed by atoms with Crippen LogP contribution in [0.1, 0.15) is 43.0 Å². The van der Waals surface area contributed by atoms with E-state index in [1.807, 2.05) is 40.1 Å². The third-order valence-corrected chi connectivity index (χ3v) is 7.09. The van der Waals surface area contributed by atoms with Crippen LogP contribution in [0.15, 0.2) is 54.6 Å². The fraction of sp³-hybridized carbons (Fsp3) is 0.481. The first-order valence-electron chi connectivity index (χ1n) is 12.2. The minimum Gasteiger partial charge on any atom is -0.490 e. The number of ether oxygens (including phenoxy) is 1. The number of carbonyl (C=O) groups is 2. The van der Waals surface area contributed by atoms with Crippen LogP contribution in [0.5, 0.6) is 5.75 Å². The largest absolute Gasteiger partial charge is 0.490 e. The van der Waals surface area contributed by atoms with Crippen molar-refractivity contribution in [3.8, 4) is 5.75 Å². The first kappa shape index (κ1) is 21.8. The summed E-state index contributed by atoms with van der Waals surface area (Å²) in [4.78, 5) is 31.7. The Hall–Kier alpha value is -3.02. The number of hydrogen-bond acceptors (Lipinski definition) is 4. The number of rotatable bonds is 5. The summed E-state index contributed by atoms with van der Waals surface area (Å²) < 4.78 is 6.15. The number of hydrogen-bond donors (Lipinski definition) is 0. The van der Waals surface area contributed by atoms with Crippen LogP contribution in [0.3, 0.4) is 0 Å². The maximum absolute atomic E-state index is 13.1. The Kier molecular flexibility index (Phi) is 6.25. The summed E-state index contributed by atoms with van der Waals surface area (Å²) >= 11 is 0. The Morgan fingerprint density at radius 2 is 1.55 bits per heavy atom. The van der Waals surface area contributed by atoms with Crippen molar-refractivity contribution in [2.75, 3.05) is 37.6 Å².